The van der Waals surface area contributed by atoms with Crippen LogP contribution in [0.3, 0.4) is 0 Å². The normalized spacial score (nSPS) is 9.81. The summed E-state index contributed by atoms with van der Waals surface area (Å²) in [6.45, 7) is 1.20. The lowest BCUT2D eigenvalue weighted by Crippen LogP contribution is -2.27. The van der Waals surface area contributed by atoms with Crippen LogP contribution in [0, 0.1) is 17.7 Å². The number of nitrogens with one attached hydrogen (secondary N) is 1. The molecule has 0 fully saturated rings. The van der Waals surface area contributed by atoms with Crippen molar-refractivity contribution in [2.45, 2.75) is 6.54 Å². The van der Waals surface area contributed by atoms with Crippen LogP contribution in [-0.4, -0.2) is 28.5 Å². The van der Waals surface area contributed by atoms with E-state index in [1.165, 1.54) is 18.2 Å². The number of nitrogens with two attached hydrogens (primary N) is 1. The first kappa shape index (κ1) is 14.8. The average Bonchev–Trinajstić information content (AvgIpc) is 2.99. The number of benzene rings is 1. The number of carbonyl (C=O) groups excluding carboxylic acids is 1. The molecule has 0 spiro atoms. The summed E-state index contributed by atoms with van der Waals surface area (Å²) in [7, 11) is 0. The number of nitrogens with zero attached hydrogens (tertiary/aromatic N) is 2. The molecule has 0 aliphatic heterocycles. The van der Waals surface area contributed by atoms with Crippen molar-refractivity contribution in [3.63, 3.8) is 0 Å². The van der Waals surface area contributed by atoms with E-state index in [2.05, 4.69) is 22.1 Å². The zero-order valence-corrected chi connectivity index (χ0v) is 11.3. The van der Waals surface area contributed by atoms with Gasteiger partial charge < -0.3 is 15.6 Å². The summed E-state index contributed by atoms with van der Waals surface area (Å²) in [5.41, 5.74) is 5.73. The third-order valence-corrected chi connectivity index (χ3v) is 2.77. The third kappa shape index (κ3) is 4.16. The van der Waals surface area contributed by atoms with Gasteiger partial charge in [0.15, 0.2) is 0 Å². The lowest BCUT2D eigenvalue weighted by Gasteiger charge is -2.06. The zero-order valence-electron chi connectivity index (χ0n) is 11.3. The summed E-state index contributed by atoms with van der Waals surface area (Å²) >= 11 is 0. The van der Waals surface area contributed by atoms with Crippen LogP contribution in [0.2, 0.25) is 0 Å². The minimum atomic E-state index is -0.529. The van der Waals surface area contributed by atoms with Crippen LogP contribution < -0.4 is 11.1 Å². The molecule has 21 heavy (non-hydrogen) atoms. The van der Waals surface area contributed by atoms with Crippen LogP contribution in [0.4, 0.5) is 4.39 Å². The van der Waals surface area contributed by atoms with Gasteiger partial charge in [-0.1, -0.05) is 11.8 Å². The van der Waals surface area contributed by atoms with Gasteiger partial charge in [-0.3, -0.25) is 4.79 Å². The summed E-state index contributed by atoms with van der Waals surface area (Å²) < 4.78 is 15.6. The zero-order chi connectivity index (χ0) is 15.1. The van der Waals surface area contributed by atoms with Gasteiger partial charge in [-0.2, -0.15) is 0 Å². The molecule has 0 unspecified atom stereocenters. The van der Waals surface area contributed by atoms with E-state index >= 15 is 0 Å². The molecule has 6 heteroatoms. The molecule has 1 heterocycles. The largest absolute Gasteiger partial charge is 0.350 e. The summed E-state index contributed by atoms with van der Waals surface area (Å²) in [6.07, 6.45) is 5.13. The molecule has 0 saturated heterocycles. The van der Waals surface area contributed by atoms with Crippen LogP contribution in [0.5, 0.6) is 0 Å². The van der Waals surface area contributed by atoms with Crippen molar-refractivity contribution in [2.24, 2.45) is 5.73 Å². The van der Waals surface area contributed by atoms with E-state index in [1.54, 1.807) is 18.7 Å². The highest BCUT2D eigenvalue weighted by atomic mass is 19.1. The van der Waals surface area contributed by atoms with Gasteiger partial charge in [-0.05, 0) is 18.2 Å². The molecule has 0 aliphatic carbocycles. The molecule has 0 saturated carbocycles. The van der Waals surface area contributed by atoms with Gasteiger partial charge in [0.25, 0.3) is 5.91 Å². The van der Waals surface area contributed by atoms with Gasteiger partial charge in [0, 0.05) is 31.0 Å². The van der Waals surface area contributed by atoms with Crippen molar-refractivity contribution in [1.82, 2.24) is 14.9 Å². The van der Waals surface area contributed by atoms with Crippen molar-refractivity contribution >= 4 is 5.91 Å². The van der Waals surface area contributed by atoms with Gasteiger partial charge in [0.1, 0.15) is 5.82 Å². The highest BCUT2D eigenvalue weighted by molar-refractivity contribution is 5.94. The minimum Gasteiger partial charge on any atom is -0.350 e. The fourth-order valence-corrected chi connectivity index (χ4v) is 1.72. The van der Waals surface area contributed by atoms with Gasteiger partial charge in [-0.25, -0.2) is 9.37 Å². The van der Waals surface area contributed by atoms with Gasteiger partial charge in [0.05, 0.1) is 18.4 Å². The number of halogens is 1. The quantitative estimate of drug-likeness (QED) is 0.815. The number of carbonyl (C=O) groups is 1. The molecule has 1 aromatic carbocycles. The monoisotopic (exact) mass is 286 g/mol. The molecule has 0 bridgehead atoms. The van der Waals surface area contributed by atoms with Crippen LogP contribution >= 0.6 is 0 Å². The van der Waals surface area contributed by atoms with E-state index in [9.17, 15) is 9.18 Å². The SMILES string of the molecule is NCC#Cc1ccc(C(=O)NCCn2ccnc2)cc1F. The molecule has 0 radical (unpaired) electrons. The molecule has 0 atom stereocenters. The maximum absolute atomic E-state index is 13.7. The Morgan fingerprint density at radius 3 is 3.00 bits per heavy atom. The summed E-state index contributed by atoms with van der Waals surface area (Å²) in [6, 6.07) is 4.19. The number of imidazole rings is 1. The van der Waals surface area contributed by atoms with Crippen LogP contribution in [0.25, 0.3) is 0 Å². The fraction of sp³-hybridized carbons (Fsp3) is 0.200. The topological polar surface area (TPSA) is 72.9 Å². The van der Waals surface area contributed by atoms with Crippen molar-refractivity contribution in [3.8, 4) is 11.8 Å². The average molecular weight is 286 g/mol. The Bertz CT molecular complexity index is 671. The Morgan fingerprint density at radius 2 is 2.33 bits per heavy atom. The number of hydrogen-bond acceptors (Lipinski definition) is 3. The smallest absolute Gasteiger partial charge is 0.251 e. The van der Waals surface area contributed by atoms with E-state index in [0.717, 1.165) is 0 Å². The van der Waals surface area contributed by atoms with E-state index in [1.807, 2.05) is 4.57 Å². The number of aromatic nitrogens is 2. The molecule has 2 rings (SSSR count). The first-order valence-corrected chi connectivity index (χ1v) is 6.43. The predicted molar refractivity (Wildman–Crippen MR) is 76.9 cm³/mol. The second-order valence-electron chi connectivity index (χ2n) is 4.26. The lowest BCUT2D eigenvalue weighted by atomic mass is 10.1. The Kier molecular flexibility index (Phi) is 5.07. The van der Waals surface area contributed by atoms with Crippen molar-refractivity contribution in [3.05, 3.63) is 53.9 Å². The standard InChI is InChI=1S/C15H15FN4O/c16-14-10-13(4-3-12(14)2-1-5-17)15(21)19-7-9-20-8-6-18-11-20/h3-4,6,8,10-11H,5,7,9,17H2,(H,19,21). The Hall–Kier alpha value is -2.65. The lowest BCUT2D eigenvalue weighted by molar-refractivity contribution is 0.0952. The second-order valence-corrected chi connectivity index (χ2v) is 4.26. The number of amides is 1. The Labute approximate surface area is 122 Å². The summed E-state index contributed by atoms with van der Waals surface area (Å²) in [4.78, 5) is 15.8. The molecule has 108 valence electrons. The first-order valence-electron chi connectivity index (χ1n) is 6.43. The highest BCUT2D eigenvalue weighted by Crippen LogP contribution is 2.09. The van der Waals surface area contributed by atoms with Gasteiger partial charge in [0.2, 0.25) is 0 Å². The Morgan fingerprint density at radius 1 is 1.48 bits per heavy atom. The van der Waals surface area contributed by atoms with Gasteiger partial charge in [-0.15, -0.1) is 0 Å². The first-order chi connectivity index (χ1) is 10.2. The fourth-order valence-electron chi connectivity index (χ4n) is 1.72. The van der Waals surface area contributed by atoms with Crippen molar-refractivity contribution in [2.75, 3.05) is 13.1 Å². The van der Waals surface area contributed by atoms with Crippen LogP contribution in [0.15, 0.2) is 36.9 Å². The Balaban J connectivity index is 1.94. The molecule has 5 nitrogen and oxygen atoms in total. The molecular weight excluding hydrogens is 271 g/mol. The van der Waals surface area contributed by atoms with E-state index in [4.69, 9.17) is 5.73 Å². The van der Waals surface area contributed by atoms with Crippen molar-refractivity contribution in [1.29, 1.82) is 0 Å². The number of rotatable bonds is 4. The van der Waals surface area contributed by atoms with E-state index < -0.39 is 5.82 Å². The minimum absolute atomic E-state index is 0.163. The van der Waals surface area contributed by atoms with Crippen LogP contribution in [0.1, 0.15) is 15.9 Å². The molecule has 1 amide bonds. The summed E-state index contributed by atoms with van der Waals surface area (Å²) in [5.74, 6) is 4.33. The highest BCUT2D eigenvalue weighted by Gasteiger charge is 2.08. The van der Waals surface area contributed by atoms with Gasteiger partial charge >= 0.3 is 0 Å². The predicted octanol–water partition coefficient (Wildman–Crippen LogP) is 0.762. The summed E-state index contributed by atoms with van der Waals surface area (Å²) in [5, 5.41) is 2.72. The van der Waals surface area contributed by atoms with Crippen LogP contribution in [-0.2, 0) is 6.54 Å². The van der Waals surface area contributed by atoms with Crippen molar-refractivity contribution < 1.29 is 9.18 Å². The number of hydrogen-bond donors (Lipinski definition) is 2. The molecule has 3 N–H and O–H groups in total. The molecule has 0 aliphatic rings. The maximum atomic E-state index is 13.7. The van der Waals surface area contributed by atoms with E-state index in [0.29, 0.717) is 13.1 Å². The molecular formula is C15H15FN4O. The maximum Gasteiger partial charge on any atom is 0.251 e. The molecule has 1 aromatic heterocycles. The molecule has 2 aromatic rings. The third-order valence-electron chi connectivity index (χ3n) is 2.77. The second kappa shape index (κ2) is 7.22. The van der Waals surface area contributed by atoms with E-state index in [-0.39, 0.29) is 23.6 Å².